The Balaban J connectivity index is 2.00. The van der Waals surface area contributed by atoms with Gasteiger partial charge in [0.1, 0.15) is 17.2 Å². The number of benzene rings is 2. The molecule has 3 rings (SSSR count). The summed E-state index contributed by atoms with van der Waals surface area (Å²) in [5, 5.41) is 1.38. The fraction of sp³-hybridized carbons (Fsp3) is 0.118. The van der Waals surface area contributed by atoms with Crippen molar-refractivity contribution in [2.75, 3.05) is 13.4 Å². The van der Waals surface area contributed by atoms with Gasteiger partial charge >= 0.3 is 0 Å². The number of aromatic nitrogens is 1. The average molecular weight is 332 g/mol. The minimum atomic E-state index is 0.533. The molecule has 0 aliphatic carbocycles. The molecule has 0 bridgehead atoms. The SMILES string of the molecule is COc1cc2nccc(Oc3ccc(SC)cc3)c2cc1Cl. The number of hydrogen-bond donors (Lipinski definition) is 0. The molecular weight excluding hydrogens is 318 g/mol. The highest BCUT2D eigenvalue weighted by Crippen LogP contribution is 2.35. The fourth-order valence-electron chi connectivity index (χ4n) is 2.14. The highest BCUT2D eigenvalue weighted by atomic mass is 35.5. The third kappa shape index (κ3) is 2.98. The molecule has 0 N–H and O–H groups in total. The first-order valence-corrected chi connectivity index (χ1v) is 8.25. The van der Waals surface area contributed by atoms with Gasteiger partial charge in [-0.3, -0.25) is 4.98 Å². The maximum atomic E-state index is 6.21. The van der Waals surface area contributed by atoms with E-state index in [0.717, 1.165) is 16.7 Å². The molecule has 3 nitrogen and oxygen atoms in total. The Morgan fingerprint density at radius 1 is 1.05 bits per heavy atom. The molecule has 22 heavy (non-hydrogen) atoms. The highest BCUT2D eigenvalue weighted by Gasteiger charge is 2.09. The number of thioether (sulfide) groups is 1. The number of nitrogens with zero attached hydrogens (tertiary/aromatic N) is 1. The van der Waals surface area contributed by atoms with E-state index in [2.05, 4.69) is 4.98 Å². The van der Waals surface area contributed by atoms with Gasteiger partial charge in [0, 0.05) is 22.5 Å². The molecule has 112 valence electrons. The summed E-state index contributed by atoms with van der Waals surface area (Å²) < 4.78 is 11.2. The molecule has 5 heteroatoms. The second kappa shape index (κ2) is 6.46. The van der Waals surface area contributed by atoms with Gasteiger partial charge < -0.3 is 9.47 Å². The summed E-state index contributed by atoms with van der Waals surface area (Å²) in [4.78, 5) is 5.53. The monoisotopic (exact) mass is 331 g/mol. The second-order valence-corrected chi connectivity index (χ2v) is 5.88. The molecule has 0 aliphatic heterocycles. The molecule has 0 aliphatic rings. The Morgan fingerprint density at radius 2 is 1.82 bits per heavy atom. The normalized spacial score (nSPS) is 10.7. The number of methoxy groups -OCH3 is 1. The highest BCUT2D eigenvalue weighted by molar-refractivity contribution is 7.98. The molecule has 0 saturated carbocycles. The molecule has 0 radical (unpaired) electrons. The molecular formula is C17H14ClNO2S. The first kappa shape index (κ1) is 15.0. The predicted octanol–water partition coefficient (Wildman–Crippen LogP) is 5.41. The van der Waals surface area contributed by atoms with Crippen molar-refractivity contribution >= 4 is 34.3 Å². The standard InChI is InChI=1S/C17H14ClNO2S/c1-20-17-10-15-13(9-14(17)18)16(7-8-19-15)21-11-3-5-12(22-2)6-4-11/h3-10H,1-2H3. The van der Waals surface area contributed by atoms with Crippen molar-refractivity contribution in [3.05, 3.63) is 53.7 Å². The van der Waals surface area contributed by atoms with Gasteiger partial charge in [-0.05, 0) is 42.7 Å². The van der Waals surface area contributed by atoms with Crippen molar-refractivity contribution < 1.29 is 9.47 Å². The van der Waals surface area contributed by atoms with E-state index < -0.39 is 0 Å². The summed E-state index contributed by atoms with van der Waals surface area (Å²) in [5.41, 5.74) is 0.777. The molecule has 2 aromatic carbocycles. The molecule has 0 fully saturated rings. The van der Waals surface area contributed by atoms with E-state index in [1.54, 1.807) is 31.1 Å². The number of pyridine rings is 1. The van der Waals surface area contributed by atoms with E-state index in [0.29, 0.717) is 16.5 Å². The lowest BCUT2D eigenvalue weighted by Crippen LogP contribution is -1.90. The topological polar surface area (TPSA) is 31.4 Å². The largest absolute Gasteiger partial charge is 0.495 e. The summed E-state index contributed by atoms with van der Waals surface area (Å²) in [7, 11) is 1.58. The van der Waals surface area contributed by atoms with Crippen LogP contribution in [0.3, 0.4) is 0 Å². The Labute approximate surface area is 138 Å². The van der Waals surface area contributed by atoms with Crippen molar-refractivity contribution in [1.82, 2.24) is 4.98 Å². The van der Waals surface area contributed by atoms with E-state index >= 15 is 0 Å². The minimum absolute atomic E-state index is 0.533. The second-order valence-electron chi connectivity index (χ2n) is 4.59. The van der Waals surface area contributed by atoms with Crippen LogP contribution in [0.4, 0.5) is 0 Å². The number of fused-ring (bicyclic) bond motifs is 1. The van der Waals surface area contributed by atoms with Crippen LogP contribution in [-0.4, -0.2) is 18.3 Å². The minimum Gasteiger partial charge on any atom is -0.495 e. The van der Waals surface area contributed by atoms with Crippen LogP contribution < -0.4 is 9.47 Å². The zero-order valence-corrected chi connectivity index (χ0v) is 13.7. The van der Waals surface area contributed by atoms with Gasteiger partial charge in [0.05, 0.1) is 17.6 Å². The van der Waals surface area contributed by atoms with Crippen LogP contribution in [0.2, 0.25) is 5.02 Å². The van der Waals surface area contributed by atoms with Crippen molar-refractivity contribution in [2.24, 2.45) is 0 Å². The van der Waals surface area contributed by atoms with Crippen molar-refractivity contribution in [3.8, 4) is 17.2 Å². The van der Waals surface area contributed by atoms with Gasteiger partial charge in [-0.25, -0.2) is 0 Å². The molecule has 0 saturated heterocycles. The van der Waals surface area contributed by atoms with E-state index in [1.807, 2.05) is 42.7 Å². The van der Waals surface area contributed by atoms with Crippen LogP contribution in [0, 0.1) is 0 Å². The van der Waals surface area contributed by atoms with E-state index in [9.17, 15) is 0 Å². The number of rotatable bonds is 4. The Kier molecular flexibility index (Phi) is 4.41. The zero-order valence-electron chi connectivity index (χ0n) is 12.2. The van der Waals surface area contributed by atoms with E-state index in [-0.39, 0.29) is 0 Å². The molecule has 3 aromatic rings. The third-order valence-corrected chi connectivity index (χ3v) is 4.30. The van der Waals surface area contributed by atoms with Gasteiger partial charge in [0.2, 0.25) is 0 Å². The summed E-state index contributed by atoms with van der Waals surface area (Å²) in [6.07, 6.45) is 3.75. The summed E-state index contributed by atoms with van der Waals surface area (Å²) in [5.74, 6) is 2.09. The van der Waals surface area contributed by atoms with Gasteiger partial charge in [0.25, 0.3) is 0 Å². The number of halogens is 1. The van der Waals surface area contributed by atoms with Gasteiger partial charge in [-0.15, -0.1) is 11.8 Å². The molecule has 0 amide bonds. The first-order chi connectivity index (χ1) is 10.7. The Hall–Kier alpha value is -1.91. The maximum absolute atomic E-state index is 6.21. The molecule has 1 heterocycles. The summed E-state index contributed by atoms with van der Waals surface area (Å²) >= 11 is 7.90. The van der Waals surface area contributed by atoms with Gasteiger partial charge in [-0.1, -0.05) is 11.6 Å². The lowest BCUT2D eigenvalue weighted by atomic mass is 10.2. The molecule has 1 aromatic heterocycles. The average Bonchev–Trinajstić information content (AvgIpc) is 2.55. The van der Waals surface area contributed by atoms with Crippen LogP contribution in [-0.2, 0) is 0 Å². The van der Waals surface area contributed by atoms with Crippen LogP contribution in [0.15, 0.2) is 53.6 Å². The van der Waals surface area contributed by atoms with Crippen molar-refractivity contribution in [3.63, 3.8) is 0 Å². The zero-order chi connectivity index (χ0) is 15.5. The van der Waals surface area contributed by atoms with E-state index in [4.69, 9.17) is 21.1 Å². The molecule has 0 unspecified atom stereocenters. The molecule has 0 atom stereocenters. The van der Waals surface area contributed by atoms with Gasteiger partial charge in [-0.2, -0.15) is 0 Å². The van der Waals surface area contributed by atoms with Crippen LogP contribution in [0.5, 0.6) is 17.2 Å². The first-order valence-electron chi connectivity index (χ1n) is 6.65. The van der Waals surface area contributed by atoms with Crippen molar-refractivity contribution in [1.29, 1.82) is 0 Å². The maximum Gasteiger partial charge on any atom is 0.139 e. The summed E-state index contributed by atoms with van der Waals surface area (Å²) in [6, 6.07) is 13.4. The molecule has 0 spiro atoms. The summed E-state index contributed by atoms with van der Waals surface area (Å²) in [6.45, 7) is 0. The fourth-order valence-corrected chi connectivity index (χ4v) is 2.79. The van der Waals surface area contributed by atoms with Crippen molar-refractivity contribution in [2.45, 2.75) is 4.90 Å². The number of hydrogen-bond acceptors (Lipinski definition) is 4. The Morgan fingerprint density at radius 3 is 2.50 bits per heavy atom. The van der Waals surface area contributed by atoms with Crippen LogP contribution in [0.1, 0.15) is 0 Å². The van der Waals surface area contributed by atoms with Crippen LogP contribution >= 0.6 is 23.4 Å². The quantitative estimate of drug-likeness (QED) is 0.598. The number of ether oxygens (including phenoxy) is 2. The third-order valence-electron chi connectivity index (χ3n) is 3.26. The predicted molar refractivity (Wildman–Crippen MR) is 91.6 cm³/mol. The van der Waals surface area contributed by atoms with E-state index in [1.165, 1.54) is 4.90 Å². The van der Waals surface area contributed by atoms with Gasteiger partial charge in [0.15, 0.2) is 0 Å². The Bertz CT molecular complexity index is 806. The lowest BCUT2D eigenvalue weighted by molar-refractivity contribution is 0.415. The van der Waals surface area contributed by atoms with Crippen LogP contribution in [0.25, 0.3) is 10.9 Å². The lowest BCUT2D eigenvalue weighted by Gasteiger charge is -2.11. The smallest absolute Gasteiger partial charge is 0.139 e.